The molecule has 0 aliphatic heterocycles. The summed E-state index contributed by atoms with van der Waals surface area (Å²) in [6.07, 6.45) is 2.22. The first-order valence-electron chi connectivity index (χ1n) is 6.52. The molecule has 0 bridgehead atoms. The maximum atomic E-state index is 12.1. The lowest BCUT2D eigenvalue weighted by Crippen LogP contribution is -2.13. The number of nitrogens with zero attached hydrogens (tertiary/aromatic N) is 2. The minimum atomic E-state index is -0.320. The Bertz CT molecular complexity index is 752. The summed E-state index contributed by atoms with van der Waals surface area (Å²) in [5.41, 5.74) is 1.97. The average molecular weight is 268 g/mol. The summed E-state index contributed by atoms with van der Waals surface area (Å²) in [5.74, 6) is 1.32. The summed E-state index contributed by atoms with van der Waals surface area (Å²) in [4.78, 5) is 19.4. The zero-order valence-electron chi connectivity index (χ0n) is 10.6. The predicted octanol–water partition coefficient (Wildman–Crippen LogP) is 2.68. The number of amides is 1. The molecule has 4 rings (SSSR count). The molecule has 20 heavy (non-hydrogen) atoms. The number of hydrogen-bond acceptors (Lipinski definition) is 4. The van der Waals surface area contributed by atoms with Gasteiger partial charge in [0.1, 0.15) is 5.76 Å². The molecule has 0 saturated heterocycles. The fourth-order valence-corrected chi connectivity index (χ4v) is 2.14. The van der Waals surface area contributed by atoms with Crippen LogP contribution in [0, 0.1) is 0 Å². The summed E-state index contributed by atoms with van der Waals surface area (Å²) in [5, 5.41) is 6.49. The highest BCUT2D eigenvalue weighted by molar-refractivity contribution is 6.02. The second-order valence-corrected chi connectivity index (χ2v) is 4.95. The number of carbonyl (C=O) groups excluding carboxylic acids is 1. The molecule has 2 N–H and O–H groups in total. The van der Waals surface area contributed by atoms with Crippen molar-refractivity contribution < 1.29 is 9.32 Å². The molecule has 1 aliphatic carbocycles. The summed E-state index contributed by atoms with van der Waals surface area (Å²) in [6, 6.07) is 9.29. The molecule has 6 nitrogen and oxygen atoms in total. The maximum absolute atomic E-state index is 12.1. The number of H-pyrrole nitrogens is 1. The van der Waals surface area contributed by atoms with Crippen molar-refractivity contribution in [2.24, 2.45) is 0 Å². The molecule has 2 heterocycles. The van der Waals surface area contributed by atoms with E-state index in [9.17, 15) is 4.79 Å². The Hall–Kier alpha value is -2.63. The van der Waals surface area contributed by atoms with Gasteiger partial charge in [-0.2, -0.15) is 0 Å². The van der Waals surface area contributed by atoms with Gasteiger partial charge in [-0.25, -0.2) is 4.98 Å². The van der Waals surface area contributed by atoms with Crippen LogP contribution in [0.4, 0.5) is 5.95 Å². The number of fused-ring (bicyclic) bond motifs is 1. The lowest BCUT2D eigenvalue weighted by atomic mass is 10.3. The minimum Gasteiger partial charge on any atom is -0.360 e. The van der Waals surface area contributed by atoms with Gasteiger partial charge in [0.15, 0.2) is 5.69 Å². The first-order chi connectivity index (χ1) is 9.79. The number of aromatic nitrogens is 3. The van der Waals surface area contributed by atoms with E-state index in [0.717, 1.165) is 29.6 Å². The molecule has 2 aromatic heterocycles. The number of hydrogen-bond donors (Lipinski definition) is 2. The van der Waals surface area contributed by atoms with Gasteiger partial charge < -0.3 is 9.51 Å². The highest BCUT2D eigenvalue weighted by Gasteiger charge is 2.29. The number of carbonyl (C=O) groups is 1. The van der Waals surface area contributed by atoms with E-state index in [-0.39, 0.29) is 11.6 Å². The molecule has 1 amide bonds. The first-order valence-corrected chi connectivity index (χ1v) is 6.52. The second-order valence-electron chi connectivity index (χ2n) is 4.95. The van der Waals surface area contributed by atoms with Crippen molar-refractivity contribution in [3.8, 4) is 0 Å². The van der Waals surface area contributed by atoms with Gasteiger partial charge in [0.05, 0.1) is 11.0 Å². The number of rotatable bonds is 3. The standard InChI is InChI=1S/C14H12N4O2/c19-13(11-7-12(20-18-11)8-5-6-8)17-14-15-9-3-1-2-4-10(9)16-14/h1-4,7-8H,5-6H2,(H2,15,16,17,19). The van der Waals surface area contributed by atoms with Gasteiger partial charge in [0.2, 0.25) is 5.95 Å². The highest BCUT2D eigenvalue weighted by Crippen LogP contribution is 2.40. The molecule has 0 spiro atoms. The zero-order valence-corrected chi connectivity index (χ0v) is 10.6. The third-order valence-electron chi connectivity index (χ3n) is 3.36. The molecule has 6 heteroatoms. The molecule has 1 aromatic carbocycles. The predicted molar refractivity (Wildman–Crippen MR) is 72.5 cm³/mol. The Morgan fingerprint density at radius 1 is 1.35 bits per heavy atom. The van der Waals surface area contributed by atoms with Crippen LogP contribution in [-0.4, -0.2) is 21.0 Å². The van der Waals surface area contributed by atoms with Gasteiger partial charge in [0, 0.05) is 12.0 Å². The SMILES string of the molecule is O=C(Nc1nc2ccccc2[nH]1)c1cc(C2CC2)on1. The van der Waals surface area contributed by atoms with E-state index < -0.39 is 0 Å². The van der Waals surface area contributed by atoms with E-state index in [4.69, 9.17) is 4.52 Å². The summed E-state index contributed by atoms with van der Waals surface area (Å²) < 4.78 is 5.16. The summed E-state index contributed by atoms with van der Waals surface area (Å²) >= 11 is 0. The molecule has 1 fully saturated rings. The molecule has 0 radical (unpaired) electrons. The van der Waals surface area contributed by atoms with Crippen molar-refractivity contribution in [1.82, 2.24) is 15.1 Å². The van der Waals surface area contributed by atoms with Gasteiger partial charge in [-0.3, -0.25) is 10.1 Å². The van der Waals surface area contributed by atoms with E-state index >= 15 is 0 Å². The van der Waals surface area contributed by atoms with Gasteiger partial charge in [0.25, 0.3) is 5.91 Å². The quantitative estimate of drug-likeness (QED) is 0.764. The van der Waals surface area contributed by atoms with E-state index in [1.54, 1.807) is 6.07 Å². The van der Waals surface area contributed by atoms with E-state index in [2.05, 4.69) is 20.4 Å². The van der Waals surface area contributed by atoms with Crippen molar-refractivity contribution in [2.75, 3.05) is 5.32 Å². The molecule has 1 saturated carbocycles. The van der Waals surface area contributed by atoms with Crippen molar-refractivity contribution in [3.05, 3.63) is 41.8 Å². The van der Waals surface area contributed by atoms with Crippen molar-refractivity contribution in [3.63, 3.8) is 0 Å². The Balaban J connectivity index is 1.55. The Kier molecular flexibility index (Phi) is 2.35. The number of imidazole rings is 1. The Morgan fingerprint density at radius 2 is 2.20 bits per heavy atom. The first kappa shape index (κ1) is 11.2. The van der Waals surface area contributed by atoms with Gasteiger partial charge in [-0.15, -0.1) is 0 Å². The van der Waals surface area contributed by atoms with Crippen molar-refractivity contribution in [1.29, 1.82) is 0 Å². The summed E-state index contributed by atoms with van der Waals surface area (Å²) in [7, 11) is 0. The van der Waals surface area contributed by atoms with Crippen LogP contribution in [0.3, 0.4) is 0 Å². The van der Waals surface area contributed by atoms with E-state index in [0.29, 0.717) is 11.9 Å². The summed E-state index contributed by atoms with van der Waals surface area (Å²) in [6.45, 7) is 0. The normalized spacial score (nSPS) is 14.6. The van der Waals surface area contributed by atoms with Crippen molar-refractivity contribution >= 4 is 22.9 Å². The maximum Gasteiger partial charge on any atom is 0.280 e. The number of benzene rings is 1. The third-order valence-corrected chi connectivity index (χ3v) is 3.36. The molecular weight excluding hydrogens is 256 g/mol. The molecule has 0 atom stereocenters. The fraction of sp³-hybridized carbons (Fsp3) is 0.214. The van der Waals surface area contributed by atoms with Crippen LogP contribution in [0.15, 0.2) is 34.9 Å². The minimum absolute atomic E-state index is 0.285. The van der Waals surface area contributed by atoms with Gasteiger partial charge in [-0.1, -0.05) is 17.3 Å². The number of aromatic amines is 1. The molecule has 0 unspecified atom stereocenters. The van der Waals surface area contributed by atoms with Gasteiger partial charge >= 0.3 is 0 Å². The topological polar surface area (TPSA) is 83.8 Å². The average Bonchev–Trinajstić information content (AvgIpc) is 3.03. The molecule has 1 aliphatic rings. The van der Waals surface area contributed by atoms with Crippen LogP contribution in [0.25, 0.3) is 11.0 Å². The van der Waals surface area contributed by atoms with Crippen LogP contribution in [0.2, 0.25) is 0 Å². The lowest BCUT2D eigenvalue weighted by Gasteiger charge is -1.96. The van der Waals surface area contributed by atoms with Crippen LogP contribution < -0.4 is 5.32 Å². The van der Waals surface area contributed by atoms with Crippen LogP contribution in [-0.2, 0) is 0 Å². The number of anilines is 1. The monoisotopic (exact) mass is 268 g/mol. The third kappa shape index (κ3) is 1.95. The molecule has 100 valence electrons. The van der Waals surface area contributed by atoms with Crippen molar-refractivity contribution in [2.45, 2.75) is 18.8 Å². The van der Waals surface area contributed by atoms with Crippen LogP contribution in [0.1, 0.15) is 35.0 Å². The second kappa shape index (κ2) is 4.19. The Labute approximate surface area is 114 Å². The van der Waals surface area contributed by atoms with E-state index in [1.807, 2.05) is 24.3 Å². The van der Waals surface area contributed by atoms with Crippen LogP contribution in [0.5, 0.6) is 0 Å². The number of para-hydroxylation sites is 2. The lowest BCUT2D eigenvalue weighted by molar-refractivity contribution is 0.101. The van der Waals surface area contributed by atoms with Gasteiger partial charge in [-0.05, 0) is 25.0 Å². The largest absolute Gasteiger partial charge is 0.360 e. The molecular formula is C14H12N4O2. The number of nitrogens with one attached hydrogen (secondary N) is 2. The Morgan fingerprint density at radius 3 is 3.00 bits per heavy atom. The van der Waals surface area contributed by atoms with E-state index in [1.165, 1.54) is 0 Å². The fourth-order valence-electron chi connectivity index (χ4n) is 2.14. The highest BCUT2D eigenvalue weighted by atomic mass is 16.5. The smallest absolute Gasteiger partial charge is 0.280 e. The van der Waals surface area contributed by atoms with Crippen LogP contribution >= 0.6 is 0 Å². The zero-order chi connectivity index (χ0) is 13.5. The molecule has 3 aromatic rings.